The minimum Gasteiger partial charge on any atom is -0.370 e. The molecule has 0 atom stereocenters. The van der Waals surface area contributed by atoms with Gasteiger partial charge in [0.05, 0.1) is 11.9 Å². The average molecular weight is 278 g/mol. The van der Waals surface area contributed by atoms with Crippen LogP contribution >= 0.6 is 0 Å². The number of nitrogens with one attached hydrogen (secondary N) is 1. The Morgan fingerprint density at radius 2 is 1.85 bits per heavy atom. The minimum absolute atomic E-state index is 0.893. The zero-order valence-corrected chi connectivity index (χ0v) is 13.5. The van der Waals surface area contributed by atoms with E-state index in [0.717, 1.165) is 32.7 Å². The fourth-order valence-corrected chi connectivity index (χ4v) is 2.51. The molecule has 1 rings (SSSR count). The fourth-order valence-electron chi connectivity index (χ4n) is 2.51. The number of pyridine rings is 1. The first-order valence-electron chi connectivity index (χ1n) is 7.81. The van der Waals surface area contributed by atoms with Gasteiger partial charge in [0.25, 0.3) is 0 Å². The summed E-state index contributed by atoms with van der Waals surface area (Å²) in [7, 11) is 1.99. The Kier molecular flexibility index (Phi) is 8.23. The van der Waals surface area contributed by atoms with Crippen LogP contribution in [0.25, 0.3) is 0 Å². The molecule has 4 nitrogen and oxygen atoms in total. The Morgan fingerprint density at radius 3 is 2.45 bits per heavy atom. The lowest BCUT2D eigenvalue weighted by atomic mass is 10.2. The molecule has 0 aliphatic carbocycles. The molecule has 0 aliphatic heterocycles. The van der Waals surface area contributed by atoms with Gasteiger partial charge < -0.3 is 15.1 Å². The first kappa shape index (κ1) is 16.9. The van der Waals surface area contributed by atoms with Gasteiger partial charge in [0.2, 0.25) is 0 Å². The summed E-state index contributed by atoms with van der Waals surface area (Å²) >= 11 is 0. The normalized spacial score (nSPS) is 11.1. The lowest BCUT2D eigenvalue weighted by Gasteiger charge is -2.27. The van der Waals surface area contributed by atoms with Crippen LogP contribution in [-0.2, 0) is 6.54 Å². The molecule has 0 radical (unpaired) electrons. The van der Waals surface area contributed by atoms with E-state index in [-0.39, 0.29) is 0 Å². The standard InChI is InChI=1S/C16H30N4/c1-5-19(6-2)11-8-12-20(7-3)16-14-18-10-9-15(16)13-17-4/h9-10,14,17H,5-8,11-13H2,1-4H3. The summed E-state index contributed by atoms with van der Waals surface area (Å²) < 4.78 is 0. The molecule has 114 valence electrons. The van der Waals surface area contributed by atoms with E-state index in [4.69, 9.17) is 0 Å². The molecule has 1 aromatic rings. The highest BCUT2D eigenvalue weighted by atomic mass is 15.1. The third kappa shape index (κ3) is 5.10. The van der Waals surface area contributed by atoms with Gasteiger partial charge in [0.15, 0.2) is 0 Å². The molecule has 0 saturated heterocycles. The van der Waals surface area contributed by atoms with E-state index in [1.807, 2.05) is 19.4 Å². The molecule has 1 aromatic heterocycles. The van der Waals surface area contributed by atoms with Gasteiger partial charge in [0.1, 0.15) is 0 Å². The summed E-state index contributed by atoms with van der Waals surface area (Å²) in [5.74, 6) is 0. The number of nitrogens with zero attached hydrogens (tertiary/aromatic N) is 3. The predicted molar refractivity (Wildman–Crippen MR) is 87.3 cm³/mol. The van der Waals surface area contributed by atoms with Gasteiger partial charge in [-0.2, -0.15) is 0 Å². The monoisotopic (exact) mass is 278 g/mol. The summed E-state index contributed by atoms with van der Waals surface area (Å²) in [4.78, 5) is 9.20. The van der Waals surface area contributed by atoms with Crippen LogP contribution in [0.15, 0.2) is 18.5 Å². The van der Waals surface area contributed by atoms with Gasteiger partial charge in [0, 0.05) is 25.8 Å². The first-order valence-corrected chi connectivity index (χ1v) is 7.81. The predicted octanol–water partition coefficient (Wildman–Crippen LogP) is 2.36. The van der Waals surface area contributed by atoms with E-state index in [2.05, 4.69) is 46.9 Å². The van der Waals surface area contributed by atoms with Crippen LogP contribution in [0.2, 0.25) is 0 Å². The first-order chi connectivity index (χ1) is 9.76. The molecule has 0 saturated carbocycles. The smallest absolute Gasteiger partial charge is 0.0598 e. The second kappa shape index (κ2) is 9.72. The quantitative estimate of drug-likeness (QED) is 0.712. The second-order valence-electron chi connectivity index (χ2n) is 4.99. The minimum atomic E-state index is 0.893. The molecule has 0 spiro atoms. The topological polar surface area (TPSA) is 31.4 Å². The van der Waals surface area contributed by atoms with Gasteiger partial charge in [-0.25, -0.2) is 0 Å². The van der Waals surface area contributed by atoms with E-state index < -0.39 is 0 Å². The zero-order valence-electron chi connectivity index (χ0n) is 13.5. The van der Waals surface area contributed by atoms with Crippen molar-refractivity contribution in [1.29, 1.82) is 0 Å². The molecule has 20 heavy (non-hydrogen) atoms. The number of anilines is 1. The Hall–Kier alpha value is -1.13. The van der Waals surface area contributed by atoms with Crippen molar-refractivity contribution in [2.24, 2.45) is 0 Å². The Morgan fingerprint density at radius 1 is 1.10 bits per heavy atom. The van der Waals surface area contributed by atoms with E-state index in [0.29, 0.717) is 0 Å². The largest absolute Gasteiger partial charge is 0.370 e. The van der Waals surface area contributed by atoms with E-state index >= 15 is 0 Å². The molecule has 1 N–H and O–H groups in total. The van der Waals surface area contributed by atoms with Crippen LogP contribution in [0.3, 0.4) is 0 Å². The third-order valence-electron chi connectivity index (χ3n) is 3.77. The van der Waals surface area contributed by atoms with Crippen molar-refractivity contribution in [2.75, 3.05) is 44.7 Å². The summed E-state index contributed by atoms with van der Waals surface area (Å²) in [5.41, 5.74) is 2.59. The van der Waals surface area contributed by atoms with Crippen LogP contribution < -0.4 is 10.2 Å². The Bertz CT molecular complexity index is 363. The van der Waals surface area contributed by atoms with E-state index in [9.17, 15) is 0 Å². The molecule has 0 amide bonds. The van der Waals surface area contributed by atoms with Crippen molar-refractivity contribution in [3.8, 4) is 0 Å². The molecule has 0 aromatic carbocycles. The van der Waals surface area contributed by atoms with Crippen molar-refractivity contribution in [3.05, 3.63) is 24.0 Å². The molecule has 1 heterocycles. The van der Waals surface area contributed by atoms with Crippen LogP contribution in [0, 0.1) is 0 Å². The number of hydrogen-bond donors (Lipinski definition) is 1. The summed E-state index contributed by atoms with van der Waals surface area (Å²) in [6.45, 7) is 13.1. The maximum Gasteiger partial charge on any atom is 0.0598 e. The lowest BCUT2D eigenvalue weighted by Crippen LogP contribution is -2.30. The van der Waals surface area contributed by atoms with Gasteiger partial charge in [-0.3, -0.25) is 4.98 Å². The Balaban J connectivity index is 2.61. The summed E-state index contributed by atoms with van der Waals surface area (Å²) in [5, 5.41) is 3.23. The Labute approximate surface area is 124 Å². The van der Waals surface area contributed by atoms with Crippen molar-refractivity contribution < 1.29 is 0 Å². The number of hydrogen-bond acceptors (Lipinski definition) is 4. The summed E-state index contributed by atoms with van der Waals surface area (Å²) in [6, 6.07) is 2.11. The highest BCUT2D eigenvalue weighted by Gasteiger charge is 2.10. The lowest BCUT2D eigenvalue weighted by molar-refractivity contribution is 0.300. The molecule has 0 bridgehead atoms. The van der Waals surface area contributed by atoms with Crippen LogP contribution in [0.4, 0.5) is 5.69 Å². The van der Waals surface area contributed by atoms with Gasteiger partial charge >= 0.3 is 0 Å². The van der Waals surface area contributed by atoms with Crippen molar-refractivity contribution in [3.63, 3.8) is 0 Å². The maximum atomic E-state index is 4.29. The van der Waals surface area contributed by atoms with Crippen molar-refractivity contribution in [2.45, 2.75) is 33.7 Å². The fraction of sp³-hybridized carbons (Fsp3) is 0.688. The third-order valence-corrected chi connectivity index (χ3v) is 3.77. The molecule has 4 heteroatoms. The van der Waals surface area contributed by atoms with Gasteiger partial charge in [-0.15, -0.1) is 0 Å². The van der Waals surface area contributed by atoms with Crippen molar-refractivity contribution >= 4 is 5.69 Å². The maximum absolute atomic E-state index is 4.29. The number of aromatic nitrogens is 1. The SMILES string of the molecule is CCN(CC)CCCN(CC)c1cnccc1CNC. The highest BCUT2D eigenvalue weighted by Crippen LogP contribution is 2.19. The number of rotatable bonds is 10. The average Bonchev–Trinajstić information content (AvgIpc) is 2.49. The highest BCUT2D eigenvalue weighted by molar-refractivity contribution is 5.51. The summed E-state index contributed by atoms with van der Waals surface area (Å²) in [6.07, 6.45) is 5.07. The van der Waals surface area contributed by atoms with Crippen LogP contribution in [0.5, 0.6) is 0 Å². The van der Waals surface area contributed by atoms with Gasteiger partial charge in [-0.05, 0) is 51.7 Å². The van der Waals surface area contributed by atoms with Gasteiger partial charge in [-0.1, -0.05) is 13.8 Å². The molecule has 0 aliphatic rings. The van der Waals surface area contributed by atoms with E-state index in [1.165, 1.54) is 24.2 Å². The molecular weight excluding hydrogens is 248 g/mol. The molecule has 0 unspecified atom stereocenters. The molecule has 0 fully saturated rings. The van der Waals surface area contributed by atoms with Crippen molar-refractivity contribution in [1.82, 2.24) is 15.2 Å². The van der Waals surface area contributed by atoms with Crippen LogP contribution in [-0.4, -0.2) is 49.7 Å². The second-order valence-corrected chi connectivity index (χ2v) is 4.99. The van der Waals surface area contributed by atoms with E-state index in [1.54, 1.807) is 0 Å². The van der Waals surface area contributed by atoms with Crippen LogP contribution in [0.1, 0.15) is 32.8 Å². The zero-order chi connectivity index (χ0) is 14.8. The molecular formula is C16H30N4.